The lowest BCUT2D eigenvalue weighted by Crippen LogP contribution is -2.02. The molecule has 2 aromatic rings. The van der Waals surface area contributed by atoms with Crippen molar-refractivity contribution in [1.82, 2.24) is 9.97 Å². The Bertz CT molecular complexity index is 708. The first-order valence-electron chi connectivity index (χ1n) is 6.14. The number of hydrogen-bond acceptors (Lipinski definition) is 3. The smallest absolute Gasteiger partial charge is 0.133 e. The van der Waals surface area contributed by atoms with Crippen LogP contribution < -0.4 is 0 Å². The Balaban J connectivity index is 2.67. The van der Waals surface area contributed by atoms with Crippen LogP contribution in [-0.4, -0.2) is 9.97 Å². The number of H-pyrrole nitrogens is 1. The molecule has 4 heteroatoms. The van der Waals surface area contributed by atoms with Crippen molar-refractivity contribution >= 4 is 12.2 Å². The molecule has 0 aliphatic heterocycles. The van der Waals surface area contributed by atoms with E-state index in [9.17, 15) is 0 Å². The van der Waals surface area contributed by atoms with Gasteiger partial charge in [0.15, 0.2) is 0 Å². The molecule has 2 rings (SSSR count). The van der Waals surface area contributed by atoms with Gasteiger partial charge in [-0.25, -0.2) is 4.98 Å². The fourth-order valence-electron chi connectivity index (χ4n) is 1.86. The van der Waals surface area contributed by atoms with Crippen LogP contribution in [0.15, 0.2) is 24.3 Å². The van der Waals surface area contributed by atoms with Crippen molar-refractivity contribution < 1.29 is 0 Å². The number of aromatic amines is 1. The van der Waals surface area contributed by atoms with Crippen molar-refractivity contribution in [2.75, 3.05) is 0 Å². The molecule has 3 nitrogen and oxygen atoms in total. The molecule has 0 saturated heterocycles. The second-order valence-corrected chi connectivity index (χ2v) is 5.16. The van der Waals surface area contributed by atoms with Crippen molar-refractivity contribution in [3.8, 4) is 17.3 Å². The summed E-state index contributed by atoms with van der Waals surface area (Å²) in [4.78, 5) is 7.73. The highest BCUT2D eigenvalue weighted by Gasteiger charge is 2.10. The SMILES string of the molecule is Cc1c(-c2cccc(C#N)c2)[nH]c(C(C)C)nc1=S. The largest absolute Gasteiger partial charge is 0.343 e. The summed E-state index contributed by atoms with van der Waals surface area (Å²) in [5.41, 5.74) is 3.49. The Kier molecular flexibility index (Phi) is 3.77. The molecule has 0 amide bonds. The van der Waals surface area contributed by atoms with Crippen LogP contribution in [0.25, 0.3) is 11.3 Å². The van der Waals surface area contributed by atoms with Crippen LogP contribution in [-0.2, 0) is 0 Å². The lowest BCUT2D eigenvalue weighted by Gasteiger charge is -2.11. The molecular weight excluding hydrogens is 254 g/mol. The number of nitrogens with one attached hydrogen (secondary N) is 1. The second-order valence-electron chi connectivity index (χ2n) is 4.77. The molecular formula is C15H15N3S. The molecule has 0 atom stereocenters. The van der Waals surface area contributed by atoms with Crippen molar-refractivity contribution in [3.63, 3.8) is 0 Å². The van der Waals surface area contributed by atoms with Gasteiger partial charge in [0, 0.05) is 11.5 Å². The maximum atomic E-state index is 8.98. The number of benzene rings is 1. The van der Waals surface area contributed by atoms with E-state index in [1.807, 2.05) is 25.1 Å². The van der Waals surface area contributed by atoms with E-state index >= 15 is 0 Å². The topological polar surface area (TPSA) is 52.5 Å². The van der Waals surface area contributed by atoms with Gasteiger partial charge >= 0.3 is 0 Å². The second kappa shape index (κ2) is 5.33. The van der Waals surface area contributed by atoms with Gasteiger partial charge in [0.1, 0.15) is 10.5 Å². The lowest BCUT2D eigenvalue weighted by atomic mass is 10.0. The van der Waals surface area contributed by atoms with E-state index in [0.29, 0.717) is 10.2 Å². The molecule has 0 aliphatic carbocycles. The van der Waals surface area contributed by atoms with Crippen molar-refractivity contribution in [2.45, 2.75) is 26.7 Å². The molecule has 0 aliphatic rings. The summed E-state index contributed by atoms with van der Waals surface area (Å²) in [6.45, 7) is 6.08. The number of rotatable bonds is 2. The third-order valence-electron chi connectivity index (χ3n) is 3.00. The van der Waals surface area contributed by atoms with Crippen LogP contribution in [0, 0.1) is 22.9 Å². The average Bonchev–Trinajstić information content (AvgIpc) is 2.41. The lowest BCUT2D eigenvalue weighted by molar-refractivity contribution is 0.770. The first kappa shape index (κ1) is 13.4. The van der Waals surface area contributed by atoms with Gasteiger partial charge in [0.05, 0.1) is 17.3 Å². The Labute approximate surface area is 118 Å². The van der Waals surface area contributed by atoms with E-state index in [0.717, 1.165) is 22.6 Å². The summed E-state index contributed by atoms with van der Waals surface area (Å²) < 4.78 is 0.611. The van der Waals surface area contributed by atoms with E-state index in [-0.39, 0.29) is 5.92 Å². The molecule has 0 bridgehead atoms. The molecule has 19 heavy (non-hydrogen) atoms. The minimum atomic E-state index is 0.278. The van der Waals surface area contributed by atoms with Gasteiger partial charge in [-0.15, -0.1) is 0 Å². The van der Waals surface area contributed by atoms with Crippen LogP contribution in [0.2, 0.25) is 0 Å². The van der Waals surface area contributed by atoms with Crippen molar-refractivity contribution in [1.29, 1.82) is 5.26 Å². The highest BCUT2D eigenvalue weighted by molar-refractivity contribution is 7.71. The zero-order valence-corrected chi connectivity index (χ0v) is 12.0. The van der Waals surface area contributed by atoms with Crippen molar-refractivity contribution in [2.24, 2.45) is 0 Å². The van der Waals surface area contributed by atoms with Crippen LogP contribution in [0.3, 0.4) is 0 Å². The molecule has 1 heterocycles. The zero-order valence-electron chi connectivity index (χ0n) is 11.2. The van der Waals surface area contributed by atoms with Gasteiger partial charge in [-0.3, -0.25) is 0 Å². The molecule has 1 aromatic heterocycles. The summed E-state index contributed by atoms with van der Waals surface area (Å²) in [6.07, 6.45) is 0. The third-order valence-corrected chi connectivity index (χ3v) is 3.40. The molecule has 0 fully saturated rings. The summed E-state index contributed by atoms with van der Waals surface area (Å²) >= 11 is 5.31. The quantitative estimate of drug-likeness (QED) is 0.835. The van der Waals surface area contributed by atoms with Gasteiger partial charge in [-0.2, -0.15) is 5.26 Å². The summed E-state index contributed by atoms with van der Waals surface area (Å²) in [5.74, 6) is 1.15. The zero-order chi connectivity index (χ0) is 14.0. The molecule has 0 spiro atoms. The van der Waals surface area contributed by atoms with Gasteiger partial charge in [0.2, 0.25) is 0 Å². The fraction of sp³-hybridized carbons (Fsp3) is 0.267. The Morgan fingerprint density at radius 1 is 1.37 bits per heavy atom. The number of aromatic nitrogens is 2. The standard InChI is InChI=1S/C15H15N3S/c1-9(2)14-17-13(10(3)15(19)18-14)12-6-4-5-11(7-12)8-16/h4-7,9H,1-3H3,(H,17,18,19). The molecule has 1 aromatic carbocycles. The molecule has 1 N–H and O–H groups in total. The highest BCUT2D eigenvalue weighted by Crippen LogP contribution is 2.24. The summed E-state index contributed by atoms with van der Waals surface area (Å²) in [6, 6.07) is 9.65. The van der Waals surface area contributed by atoms with Crippen LogP contribution >= 0.6 is 12.2 Å². The summed E-state index contributed by atoms with van der Waals surface area (Å²) in [7, 11) is 0. The van der Waals surface area contributed by atoms with E-state index in [1.54, 1.807) is 6.07 Å². The Morgan fingerprint density at radius 3 is 2.74 bits per heavy atom. The predicted molar refractivity (Wildman–Crippen MR) is 78.4 cm³/mol. The number of nitrogens with zero attached hydrogens (tertiary/aromatic N) is 2. The third kappa shape index (κ3) is 2.72. The summed E-state index contributed by atoms with van der Waals surface area (Å²) in [5, 5.41) is 8.98. The maximum absolute atomic E-state index is 8.98. The van der Waals surface area contributed by atoms with Gasteiger partial charge in [0.25, 0.3) is 0 Å². The predicted octanol–water partition coefficient (Wildman–Crippen LogP) is 4.11. The minimum Gasteiger partial charge on any atom is -0.343 e. The highest BCUT2D eigenvalue weighted by atomic mass is 32.1. The van der Waals surface area contributed by atoms with E-state index in [1.165, 1.54) is 0 Å². The molecule has 0 saturated carbocycles. The van der Waals surface area contributed by atoms with Crippen LogP contribution in [0.1, 0.15) is 36.7 Å². The molecule has 0 unspecified atom stereocenters. The van der Waals surface area contributed by atoms with E-state index < -0.39 is 0 Å². The first-order chi connectivity index (χ1) is 9.02. The average molecular weight is 269 g/mol. The molecule has 96 valence electrons. The van der Waals surface area contributed by atoms with Crippen molar-refractivity contribution in [3.05, 3.63) is 45.9 Å². The van der Waals surface area contributed by atoms with E-state index in [2.05, 4.69) is 29.9 Å². The molecule has 0 radical (unpaired) electrons. The van der Waals surface area contributed by atoms with Gasteiger partial charge < -0.3 is 4.98 Å². The van der Waals surface area contributed by atoms with E-state index in [4.69, 9.17) is 17.5 Å². The normalized spacial score (nSPS) is 10.5. The Hall–Kier alpha value is -1.99. The van der Waals surface area contributed by atoms with Gasteiger partial charge in [-0.1, -0.05) is 38.2 Å². The first-order valence-corrected chi connectivity index (χ1v) is 6.55. The monoisotopic (exact) mass is 269 g/mol. The maximum Gasteiger partial charge on any atom is 0.133 e. The van der Waals surface area contributed by atoms with Gasteiger partial charge in [-0.05, 0) is 24.6 Å². The minimum absolute atomic E-state index is 0.278. The number of nitriles is 1. The van der Waals surface area contributed by atoms with Crippen LogP contribution in [0.4, 0.5) is 0 Å². The number of hydrogen-bond donors (Lipinski definition) is 1. The fourth-order valence-corrected chi connectivity index (χ4v) is 2.06. The Morgan fingerprint density at radius 2 is 2.11 bits per heavy atom. The van der Waals surface area contributed by atoms with Crippen LogP contribution in [0.5, 0.6) is 0 Å².